The van der Waals surface area contributed by atoms with E-state index in [2.05, 4.69) is 14.6 Å². The predicted molar refractivity (Wildman–Crippen MR) is 117 cm³/mol. The second-order valence-corrected chi connectivity index (χ2v) is 7.72. The number of nitrogens with zero attached hydrogens (tertiary/aromatic N) is 3. The fourth-order valence-corrected chi connectivity index (χ4v) is 3.77. The molecule has 2 heterocycles. The van der Waals surface area contributed by atoms with Crippen LogP contribution in [0.15, 0.2) is 67.1 Å². The van der Waals surface area contributed by atoms with Crippen molar-refractivity contribution in [1.82, 2.24) is 9.55 Å². The molecule has 4 rings (SSSR count). The third kappa shape index (κ3) is 4.80. The Bertz CT molecular complexity index is 1220. The number of benzene rings is 2. The summed E-state index contributed by atoms with van der Waals surface area (Å²) in [6, 6.07) is 13.6. The quantitative estimate of drug-likeness (QED) is 0.421. The molecule has 0 bridgehead atoms. The summed E-state index contributed by atoms with van der Waals surface area (Å²) < 4.78 is 42.6. The number of halogens is 3. The lowest BCUT2D eigenvalue weighted by Gasteiger charge is -2.20. The van der Waals surface area contributed by atoms with Gasteiger partial charge in [0.05, 0.1) is 6.54 Å². The molecule has 0 aliphatic rings. The van der Waals surface area contributed by atoms with Gasteiger partial charge in [0, 0.05) is 48.6 Å². The molecule has 0 fully saturated rings. The average molecular weight is 441 g/mol. The summed E-state index contributed by atoms with van der Waals surface area (Å²) in [5.74, 6) is -0.158. The van der Waals surface area contributed by atoms with E-state index in [0.717, 1.165) is 33.2 Å². The summed E-state index contributed by atoms with van der Waals surface area (Å²) in [6.07, 6.45) is 0.688. The summed E-state index contributed by atoms with van der Waals surface area (Å²) in [4.78, 5) is 6.26. The van der Waals surface area contributed by atoms with Crippen molar-refractivity contribution in [3.8, 4) is 11.6 Å². The molecule has 0 saturated heterocycles. The highest BCUT2D eigenvalue weighted by atomic mass is 19.4. The van der Waals surface area contributed by atoms with Gasteiger partial charge in [-0.25, -0.2) is 0 Å². The minimum absolute atomic E-state index is 0.120. The summed E-state index contributed by atoms with van der Waals surface area (Å²) >= 11 is 0. The van der Waals surface area contributed by atoms with Gasteiger partial charge in [-0.2, -0.15) is 0 Å². The second kappa shape index (κ2) is 8.45. The van der Waals surface area contributed by atoms with Crippen LogP contribution in [-0.2, 0) is 13.1 Å². The van der Waals surface area contributed by atoms with Crippen LogP contribution < -0.4 is 9.64 Å². The number of anilines is 1. The SMILES string of the molecule is Cc1cc(N(C)Cc2cccnc2)cc2cn(Cc3ccc(OC(F)(F)F)cc3)c(O)c12. The zero-order valence-electron chi connectivity index (χ0n) is 17.6. The van der Waals surface area contributed by atoms with Crippen LogP contribution >= 0.6 is 0 Å². The number of alkyl halides is 3. The normalized spacial score (nSPS) is 11.7. The molecule has 0 spiro atoms. The van der Waals surface area contributed by atoms with Gasteiger partial charge in [0.1, 0.15) is 5.75 Å². The van der Waals surface area contributed by atoms with Crippen molar-refractivity contribution in [2.45, 2.75) is 26.4 Å². The lowest BCUT2D eigenvalue weighted by atomic mass is 10.1. The topological polar surface area (TPSA) is 50.5 Å². The summed E-state index contributed by atoms with van der Waals surface area (Å²) in [5, 5.41) is 12.4. The Balaban J connectivity index is 1.57. The van der Waals surface area contributed by atoms with Crippen LogP contribution in [0.1, 0.15) is 16.7 Å². The molecule has 1 N–H and O–H groups in total. The molecule has 8 heteroatoms. The Morgan fingerprint density at radius 3 is 2.50 bits per heavy atom. The Labute approximate surface area is 183 Å². The van der Waals surface area contributed by atoms with Crippen molar-refractivity contribution in [3.05, 3.63) is 83.8 Å². The molecule has 2 aromatic heterocycles. The van der Waals surface area contributed by atoms with Crippen molar-refractivity contribution in [2.24, 2.45) is 0 Å². The van der Waals surface area contributed by atoms with Crippen molar-refractivity contribution < 1.29 is 23.0 Å². The van der Waals surface area contributed by atoms with E-state index in [1.165, 1.54) is 12.1 Å². The molecule has 32 heavy (non-hydrogen) atoms. The van der Waals surface area contributed by atoms with Crippen LogP contribution in [0.2, 0.25) is 0 Å². The number of fused-ring (bicyclic) bond motifs is 1. The molecule has 166 valence electrons. The van der Waals surface area contributed by atoms with Crippen LogP contribution in [0.25, 0.3) is 10.8 Å². The van der Waals surface area contributed by atoms with Gasteiger partial charge in [0.15, 0.2) is 5.88 Å². The Kier molecular flexibility index (Phi) is 5.69. The third-order valence-corrected chi connectivity index (χ3v) is 5.23. The van der Waals surface area contributed by atoms with Gasteiger partial charge in [-0.1, -0.05) is 18.2 Å². The smallest absolute Gasteiger partial charge is 0.494 e. The van der Waals surface area contributed by atoms with Gasteiger partial charge in [-0.15, -0.1) is 13.2 Å². The van der Waals surface area contributed by atoms with E-state index in [0.29, 0.717) is 13.1 Å². The van der Waals surface area contributed by atoms with Crippen molar-refractivity contribution >= 4 is 16.5 Å². The van der Waals surface area contributed by atoms with Crippen molar-refractivity contribution in [2.75, 3.05) is 11.9 Å². The summed E-state index contributed by atoms with van der Waals surface area (Å²) in [7, 11) is 2.00. The van der Waals surface area contributed by atoms with E-state index in [4.69, 9.17) is 0 Å². The maximum absolute atomic E-state index is 12.3. The number of aromatic hydroxyl groups is 1. The minimum atomic E-state index is -4.72. The molecule has 0 aliphatic heterocycles. The Morgan fingerprint density at radius 1 is 1.09 bits per heavy atom. The highest BCUT2D eigenvalue weighted by molar-refractivity contribution is 5.93. The third-order valence-electron chi connectivity index (χ3n) is 5.23. The first kappa shape index (κ1) is 21.5. The van der Waals surface area contributed by atoms with Gasteiger partial charge in [-0.05, 0) is 53.9 Å². The van der Waals surface area contributed by atoms with Gasteiger partial charge in [0.2, 0.25) is 0 Å². The molecule has 0 saturated carbocycles. The molecule has 4 aromatic rings. The second-order valence-electron chi connectivity index (χ2n) is 7.72. The fourth-order valence-electron chi connectivity index (χ4n) is 3.77. The molecule has 0 atom stereocenters. The molecule has 5 nitrogen and oxygen atoms in total. The number of pyridine rings is 1. The van der Waals surface area contributed by atoms with E-state index in [-0.39, 0.29) is 11.6 Å². The highest BCUT2D eigenvalue weighted by Gasteiger charge is 2.31. The van der Waals surface area contributed by atoms with Gasteiger partial charge in [0.25, 0.3) is 0 Å². The minimum Gasteiger partial charge on any atom is -0.494 e. The first-order chi connectivity index (χ1) is 15.2. The van der Waals surface area contributed by atoms with E-state index in [9.17, 15) is 18.3 Å². The lowest BCUT2D eigenvalue weighted by molar-refractivity contribution is -0.274. The number of aryl methyl sites for hydroxylation is 1. The van der Waals surface area contributed by atoms with E-state index in [1.54, 1.807) is 22.9 Å². The van der Waals surface area contributed by atoms with Crippen LogP contribution in [0.4, 0.5) is 18.9 Å². The number of hydrogen-bond donors (Lipinski definition) is 1. The molecular weight excluding hydrogens is 419 g/mol. The fraction of sp³-hybridized carbons (Fsp3) is 0.208. The van der Waals surface area contributed by atoms with Gasteiger partial charge >= 0.3 is 6.36 Å². The molecule has 0 aliphatic carbocycles. The highest BCUT2D eigenvalue weighted by Crippen LogP contribution is 2.34. The largest absolute Gasteiger partial charge is 0.573 e. The number of hydrogen-bond acceptors (Lipinski definition) is 4. The average Bonchev–Trinajstić information content (AvgIpc) is 3.05. The molecule has 2 aromatic carbocycles. The monoisotopic (exact) mass is 441 g/mol. The van der Waals surface area contributed by atoms with Crippen LogP contribution in [0.5, 0.6) is 11.6 Å². The van der Waals surface area contributed by atoms with Crippen molar-refractivity contribution in [1.29, 1.82) is 0 Å². The van der Waals surface area contributed by atoms with Gasteiger partial charge in [-0.3, -0.25) is 4.98 Å². The zero-order chi connectivity index (χ0) is 22.9. The summed E-state index contributed by atoms with van der Waals surface area (Å²) in [5.41, 5.74) is 3.76. The molecule has 0 amide bonds. The lowest BCUT2D eigenvalue weighted by Crippen LogP contribution is -2.17. The standard InChI is InChI=1S/C24H22F3N3O2/c1-16-10-20(29(2)13-18-4-3-9-28-12-18)11-19-15-30(23(31)22(16)19)14-17-5-7-21(8-6-17)32-24(25,26)27/h3-12,15,31H,13-14H2,1-2H3. The maximum atomic E-state index is 12.3. The Hall–Kier alpha value is -3.68. The van der Waals surface area contributed by atoms with E-state index >= 15 is 0 Å². The van der Waals surface area contributed by atoms with Crippen molar-refractivity contribution in [3.63, 3.8) is 0 Å². The van der Waals surface area contributed by atoms with Gasteiger partial charge < -0.3 is 19.3 Å². The van der Waals surface area contributed by atoms with E-state index in [1.807, 2.05) is 50.6 Å². The Morgan fingerprint density at radius 2 is 1.84 bits per heavy atom. The first-order valence-corrected chi connectivity index (χ1v) is 9.97. The maximum Gasteiger partial charge on any atom is 0.573 e. The predicted octanol–water partition coefficient (Wildman–Crippen LogP) is 5.63. The molecular formula is C24H22F3N3O2. The number of rotatable bonds is 6. The van der Waals surface area contributed by atoms with Crippen LogP contribution in [0.3, 0.4) is 0 Å². The molecule has 0 unspecified atom stereocenters. The molecule has 0 radical (unpaired) electrons. The van der Waals surface area contributed by atoms with Crippen LogP contribution in [0, 0.1) is 6.92 Å². The number of aromatic nitrogens is 2. The van der Waals surface area contributed by atoms with E-state index < -0.39 is 6.36 Å². The number of ether oxygens (including phenoxy) is 1. The summed E-state index contributed by atoms with van der Waals surface area (Å²) in [6.45, 7) is 2.95. The van der Waals surface area contributed by atoms with Crippen LogP contribution in [-0.4, -0.2) is 28.1 Å². The zero-order valence-corrected chi connectivity index (χ0v) is 17.6. The first-order valence-electron chi connectivity index (χ1n) is 9.97.